The zero-order chi connectivity index (χ0) is 11.6. The molecule has 1 atom stereocenters. The minimum atomic E-state index is -2.86. The predicted octanol–water partition coefficient (Wildman–Crippen LogP) is -0.344. The Morgan fingerprint density at radius 1 is 1.53 bits per heavy atom. The maximum Gasteiger partial charge on any atom is 0.321 e. The van der Waals surface area contributed by atoms with E-state index in [9.17, 15) is 18.4 Å². The Bertz CT molecular complexity index is 283. The van der Waals surface area contributed by atoms with Crippen molar-refractivity contribution in [1.29, 1.82) is 0 Å². The van der Waals surface area contributed by atoms with Gasteiger partial charge in [-0.15, -0.1) is 0 Å². The predicted molar refractivity (Wildman–Crippen MR) is 46.4 cm³/mol. The van der Waals surface area contributed by atoms with E-state index in [2.05, 4.69) is 0 Å². The first-order valence-electron chi connectivity index (χ1n) is 4.46. The number of alkyl halides is 2. The lowest BCUT2D eigenvalue weighted by Gasteiger charge is -2.17. The van der Waals surface area contributed by atoms with E-state index in [1.54, 1.807) is 0 Å². The Balaban J connectivity index is 2.46. The molecular weight excluding hydrogens is 210 g/mol. The molecule has 0 aromatic rings. The van der Waals surface area contributed by atoms with Crippen LogP contribution in [0.15, 0.2) is 0 Å². The molecule has 1 rings (SSSR count). The molecule has 1 aliphatic heterocycles. The molecule has 0 bridgehead atoms. The zero-order valence-corrected chi connectivity index (χ0v) is 7.95. The van der Waals surface area contributed by atoms with Crippen LogP contribution in [0.1, 0.15) is 12.8 Å². The normalized spacial score (nSPS) is 21.4. The molecule has 15 heavy (non-hydrogen) atoms. The van der Waals surface area contributed by atoms with E-state index in [-0.39, 0.29) is 13.0 Å². The Morgan fingerprint density at radius 2 is 2.13 bits per heavy atom. The number of amides is 1. The molecule has 1 heterocycles. The van der Waals surface area contributed by atoms with Crippen LogP contribution in [0.25, 0.3) is 0 Å². The zero-order valence-electron chi connectivity index (χ0n) is 7.95. The number of nitrogens with two attached hydrogens (primary N) is 1. The number of hydrogen-bond acceptors (Lipinski definition) is 3. The van der Waals surface area contributed by atoms with Crippen LogP contribution in [0, 0.1) is 0 Å². The largest absolute Gasteiger partial charge is 0.480 e. The molecule has 3 N–H and O–H groups in total. The Morgan fingerprint density at radius 3 is 2.53 bits per heavy atom. The van der Waals surface area contributed by atoms with Gasteiger partial charge in [0, 0.05) is 13.0 Å². The van der Waals surface area contributed by atoms with Gasteiger partial charge < -0.3 is 15.7 Å². The number of carbonyl (C=O) groups is 2. The summed E-state index contributed by atoms with van der Waals surface area (Å²) in [6.45, 7) is -0.684. The Labute approximate surface area is 84.8 Å². The van der Waals surface area contributed by atoms with Crippen molar-refractivity contribution in [3.63, 3.8) is 0 Å². The molecule has 0 aromatic heterocycles. The molecule has 5 nitrogen and oxygen atoms in total. The van der Waals surface area contributed by atoms with Crippen molar-refractivity contribution in [2.45, 2.75) is 24.8 Å². The third kappa shape index (κ3) is 3.12. The fourth-order valence-corrected chi connectivity index (χ4v) is 1.35. The lowest BCUT2D eigenvalue weighted by Crippen LogP contribution is -2.39. The Hall–Kier alpha value is -1.24. The van der Waals surface area contributed by atoms with Crippen molar-refractivity contribution in [3.8, 4) is 0 Å². The monoisotopic (exact) mass is 222 g/mol. The fraction of sp³-hybridized carbons (Fsp3) is 0.750. The number of aliphatic carboxylic acids is 1. The highest BCUT2D eigenvalue weighted by Gasteiger charge is 2.40. The number of carboxylic acids is 1. The van der Waals surface area contributed by atoms with Crippen molar-refractivity contribution in [2.24, 2.45) is 5.73 Å². The van der Waals surface area contributed by atoms with E-state index in [1.165, 1.54) is 0 Å². The lowest BCUT2D eigenvalue weighted by atomic mass is 10.2. The molecular formula is C8H12F2N2O3. The second kappa shape index (κ2) is 4.09. The average molecular weight is 222 g/mol. The second-order valence-electron chi connectivity index (χ2n) is 3.57. The SMILES string of the molecule is NC(CC(=O)N1CCC(F)(F)C1)C(=O)O. The summed E-state index contributed by atoms with van der Waals surface area (Å²) in [5.41, 5.74) is 5.12. The lowest BCUT2D eigenvalue weighted by molar-refractivity contribution is -0.142. The van der Waals surface area contributed by atoms with Crippen LogP contribution in [0.2, 0.25) is 0 Å². The minimum Gasteiger partial charge on any atom is -0.480 e. The van der Waals surface area contributed by atoms with Gasteiger partial charge >= 0.3 is 5.97 Å². The Kier molecular flexibility index (Phi) is 3.23. The molecule has 86 valence electrons. The summed E-state index contributed by atoms with van der Waals surface area (Å²) in [4.78, 5) is 22.6. The number of nitrogens with zero attached hydrogens (tertiary/aromatic N) is 1. The van der Waals surface area contributed by atoms with Gasteiger partial charge in [-0.1, -0.05) is 0 Å². The standard InChI is InChI=1S/C8H12F2N2O3/c9-8(10)1-2-12(4-8)6(13)3-5(11)7(14)15/h5H,1-4,11H2,(H,14,15). The first-order chi connectivity index (χ1) is 6.82. The molecule has 1 unspecified atom stereocenters. The van der Waals surface area contributed by atoms with E-state index in [4.69, 9.17) is 10.8 Å². The first kappa shape index (κ1) is 11.8. The highest BCUT2D eigenvalue weighted by Crippen LogP contribution is 2.27. The van der Waals surface area contributed by atoms with Gasteiger partial charge in [-0.25, -0.2) is 8.78 Å². The summed E-state index contributed by atoms with van der Waals surface area (Å²) >= 11 is 0. The van der Waals surface area contributed by atoms with Crippen LogP contribution in [-0.2, 0) is 9.59 Å². The van der Waals surface area contributed by atoms with E-state index in [1.807, 2.05) is 0 Å². The number of likely N-dealkylation sites (tertiary alicyclic amines) is 1. The highest BCUT2D eigenvalue weighted by molar-refractivity contribution is 5.84. The summed E-state index contributed by atoms with van der Waals surface area (Å²) in [7, 11) is 0. The first-order valence-corrected chi connectivity index (χ1v) is 4.46. The summed E-state index contributed by atoms with van der Waals surface area (Å²) in [5.74, 6) is -4.81. The summed E-state index contributed by atoms with van der Waals surface area (Å²) < 4.78 is 25.4. The van der Waals surface area contributed by atoms with Crippen molar-refractivity contribution >= 4 is 11.9 Å². The molecule has 7 heteroatoms. The van der Waals surface area contributed by atoms with E-state index >= 15 is 0 Å². The molecule has 1 aliphatic rings. The van der Waals surface area contributed by atoms with Crippen LogP contribution in [0.3, 0.4) is 0 Å². The summed E-state index contributed by atoms with van der Waals surface area (Å²) in [6, 6.07) is -1.33. The number of carbonyl (C=O) groups excluding carboxylic acids is 1. The highest BCUT2D eigenvalue weighted by atomic mass is 19.3. The van der Waals surface area contributed by atoms with Crippen molar-refractivity contribution in [2.75, 3.05) is 13.1 Å². The molecule has 1 fully saturated rings. The summed E-state index contributed by atoms with van der Waals surface area (Å²) in [6.07, 6.45) is -0.813. The molecule has 1 saturated heterocycles. The summed E-state index contributed by atoms with van der Waals surface area (Å²) in [5, 5.41) is 8.43. The fourth-order valence-electron chi connectivity index (χ4n) is 1.35. The number of rotatable bonds is 3. The average Bonchev–Trinajstić information content (AvgIpc) is 2.45. The van der Waals surface area contributed by atoms with Gasteiger partial charge in [0.2, 0.25) is 5.91 Å². The van der Waals surface area contributed by atoms with Gasteiger partial charge in [0.15, 0.2) is 0 Å². The van der Waals surface area contributed by atoms with Gasteiger partial charge in [0.1, 0.15) is 6.04 Å². The maximum absolute atomic E-state index is 12.7. The number of hydrogen-bond donors (Lipinski definition) is 2. The minimum absolute atomic E-state index is 0.0435. The van der Waals surface area contributed by atoms with Gasteiger partial charge in [-0.3, -0.25) is 9.59 Å². The maximum atomic E-state index is 12.7. The molecule has 0 aliphatic carbocycles. The molecule has 1 amide bonds. The number of carboxylic acid groups (broad SMARTS) is 1. The molecule has 0 aromatic carbocycles. The van der Waals surface area contributed by atoms with Crippen molar-refractivity contribution in [1.82, 2.24) is 4.90 Å². The van der Waals surface area contributed by atoms with Crippen LogP contribution in [-0.4, -0.2) is 46.9 Å². The second-order valence-corrected chi connectivity index (χ2v) is 3.57. The topological polar surface area (TPSA) is 83.6 Å². The van der Waals surface area contributed by atoms with Gasteiger partial charge in [-0.05, 0) is 0 Å². The van der Waals surface area contributed by atoms with Gasteiger partial charge in [0.25, 0.3) is 5.92 Å². The molecule has 0 saturated carbocycles. The van der Waals surface area contributed by atoms with Gasteiger partial charge in [0.05, 0.1) is 13.0 Å². The van der Waals surface area contributed by atoms with E-state index < -0.39 is 36.8 Å². The van der Waals surface area contributed by atoms with Crippen molar-refractivity contribution < 1.29 is 23.5 Å². The molecule has 0 spiro atoms. The van der Waals surface area contributed by atoms with E-state index in [0.717, 1.165) is 4.90 Å². The van der Waals surface area contributed by atoms with Crippen LogP contribution in [0.4, 0.5) is 8.78 Å². The third-order valence-electron chi connectivity index (χ3n) is 2.23. The third-order valence-corrected chi connectivity index (χ3v) is 2.23. The van der Waals surface area contributed by atoms with E-state index in [0.29, 0.717) is 0 Å². The van der Waals surface area contributed by atoms with Crippen molar-refractivity contribution in [3.05, 3.63) is 0 Å². The van der Waals surface area contributed by atoms with Crippen LogP contribution >= 0.6 is 0 Å². The molecule has 0 radical (unpaired) electrons. The van der Waals surface area contributed by atoms with Gasteiger partial charge in [-0.2, -0.15) is 0 Å². The number of halogens is 2. The van der Waals surface area contributed by atoms with Crippen LogP contribution < -0.4 is 5.73 Å². The quantitative estimate of drug-likeness (QED) is 0.684. The smallest absolute Gasteiger partial charge is 0.321 e. The van der Waals surface area contributed by atoms with Crippen LogP contribution in [0.5, 0.6) is 0 Å².